The molecule has 182 valence electrons. The van der Waals surface area contributed by atoms with Gasteiger partial charge in [-0.2, -0.15) is 0 Å². The number of pyridine rings is 4. The predicted octanol–water partition coefficient (Wildman–Crippen LogP) is 6.60. The molecule has 0 aliphatic rings. The number of rotatable bonds is 5. The number of aromatic amines is 2. The van der Waals surface area contributed by atoms with E-state index in [1.807, 2.05) is 97.5 Å². The Labute approximate surface area is 219 Å². The summed E-state index contributed by atoms with van der Waals surface area (Å²) >= 11 is 0. The van der Waals surface area contributed by atoms with Crippen LogP contribution in [0.25, 0.3) is 33.4 Å². The van der Waals surface area contributed by atoms with E-state index in [4.69, 9.17) is 4.99 Å². The summed E-state index contributed by atoms with van der Waals surface area (Å²) in [6, 6.07) is 36.3. The van der Waals surface area contributed by atoms with Crippen molar-refractivity contribution in [3.63, 3.8) is 0 Å². The molecule has 0 bridgehead atoms. The van der Waals surface area contributed by atoms with E-state index in [2.05, 4.69) is 55.3 Å². The largest absolute Gasteiger partial charge is 0.347 e. The second-order valence-corrected chi connectivity index (χ2v) is 8.65. The highest BCUT2D eigenvalue weighted by atomic mass is 14.9. The zero-order valence-corrected chi connectivity index (χ0v) is 20.5. The molecule has 6 rings (SSSR count). The van der Waals surface area contributed by atoms with Gasteiger partial charge in [0.15, 0.2) is 11.6 Å². The molecule has 6 heteroatoms. The predicted molar refractivity (Wildman–Crippen MR) is 150 cm³/mol. The fourth-order valence-electron chi connectivity index (χ4n) is 4.24. The third kappa shape index (κ3) is 5.24. The lowest BCUT2D eigenvalue weighted by atomic mass is 9.96. The second kappa shape index (κ2) is 10.7. The van der Waals surface area contributed by atoms with Crippen molar-refractivity contribution in [1.29, 1.82) is 0 Å². The highest BCUT2D eigenvalue weighted by Crippen LogP contribution is 2.31. The van der Waals surface area contributed by atoms with E-state index in [1.54, 1.807) is 6.20 Å². The smallest absolute Gasteiger partial charge is 0.154 e. The third-order valence-corrected chi connectivity index (χ3v) is 6.11. The Hall–Kier alpha value is -5.36. The average molecular weight is 493 g/mol. The van der Waals surface area contributed by atoms with E-state index in [1.165, 1.54) is 0 Å². The molecule has 0 unspecified atom stereocenters. The number of benzene rings is 2. The van der Waals surface area contributed by atoms with Gasteiger partial charge in [-0.1, -0.05) is 60.7 Å². The van der Waals surface area contributed by atoms with E-state index in [0.717, 1.165) is 44.4 Å². The summed E-state index contributed by atoms with van der Waals surface area (Å²) in [5, 5.41) is 0. The minimum absolute atomic E-state index is 0.651. The number of nitrogens with zero attached hydrogens (tertiary/aromatic N) is 4. The Morgan fingerprint density at radius 3 is 1.97 bits per heavy atom. The van der Waals surface area contributed by atoms with Crippen LogP contribution in [0.2, 0.25) is 0 Å². The van der Waals surface area contributed by atoms with Gasteiger partial charge in [-0.05, 0) is 76.3 Å². The van der Waals surface area contributed by atoms with Crippen LogP contribution in [0.1, 0.15) is 0 Å². The topological polar surface area (TPSA) is 82.1 Å². The Morgan fingerprint density at radius 2 is 1.24 bits per heavy atom. The van der Waals surface area contributed by atoms with Gasteiger partial charge < -0.3 is 9.97 Å². The van der Waals surface area contributed by atoms with Gasteiger partial charge in [0.25, 0.3) is 0 Å². The highest BCUT2D eigenvalue weighted by molar-refractivity contribution is 5.82. The first-order valence-corrected chi connectivity index (χ1v) is 12.3. The van der Waals surface area contributed by atoms with Crippen molar-refractivity contribution in [3.05, 3.63) is 145 Å². The highest BCUT2D eigenvalue weighted by Gasteiger charge is 2.08. The Balaban J connectivity index is 1.28. The summed E-state index contributed by atoms with van der Waals surface area (Å²) in [7, 11) is 0. The van der Waals surface area contributed by atoms with Gasteiger partial charge in [0, 0.05) is 30.4 Å². The van der Waals surface area contributed by atoms with Gasteiger partial charge in [0.1, 0.15) is 11.0 Å². The van der Waals surface area contributed by atoms with Crippen LogP contribution in [-0.2, 0) is 0 Å². The van der Waals surface area contributed by atoms with Crippen molar-refractivity contribution in [3.8, 4) is 33.4 Å². The van der Waals surface area contributed by atoms with E-state index in [0.29, 0.717) is 11.6 Å². The summed E-state index contributed by atoms with van der Waals surface area (Å²) < 4.78 is 0. The molecule has 0 amide bonds. The number of H-pyrrole nitrogens is 2. The fourth-order valence-corrected chi connectivity index (χ4v) is 4.24. The van der Waals surface area contributed by atoms with Crippen LogP contribution in [0.15, 0.2) is 144 Å². The molecule has 38 heavy (non-hydrogen) atoms. The maximum atomic E-state index is 4.70. The number of nitrogens with one attached hydrogen (secondary N) is 2. The molecular weight excluding hydrogens is 468 g/mol. The molecule has 2 N–H and O–H groups in total. The lowest BCUT2D eigenvalue weighted by Crippen LogP contribution is -2.05. The number of hydrogen-bond donors (Lipinski definition) is 2. The van der Waals surface area contributed by atoms with Gasteiger partial charge in [-0.3, -0.25) is 0 Å². The van der Waals surface area contributed by atoms with Crippen molar-refractivity contribution >= 4 is 11.6 Å². The van der Waals surface area contributed by atoms with Gasteiger partial charge in [0.2, 0.25) is 0 Å². The van der Waals surface area contributed by atoms with Crippen molar-refractivity contribution < 1.29 is 0 Å². The monoisotopic (exact) mass is 492 g/mol. The summed E-state index contributed by atoms with van der Waals surface area (Å²) in [6.45, 7) is 0. The molecule has 2 aromatic carbocycles. The Kier molecular flexibility index (Phi) is 6.51. The zero-order chi connectivity index (χ0) is 25.6. The lowest BCUT2D eigenvalue weighted by Gasteiger charge is -2.10. The summed E-state index contributed by atoms with van der Waals surface area (Å²) in [4.78, 5) is 24.6. The Bertz CT molecular complexity index is 1780. The standard InChI is InChI=1S/C32H24N6/c1-2-8-23(9-3-1)24-17-19-34-32(20-24)38-31-16-14-26(22-36-31)28-11-5-4-10-27(28)25-13-15-30(35-21-25)37-29-12-6-7-18-33-29/h1-22H,(H,33,35,37)(H,34,36,38). The van der Waals surface area contributed by atoms with Crippen LogP contribution in [0.3, 0.4) is 0 Å². The van der Waals surface area contributed by atoms with Crippen molar-refractivity contribution in [2.75, 3.05) is 0 Å². The van der Waals surface area contributed by atoms with Crippen LogP contribution in [0.4, 0.5) is 11.6 Å². The van der Waals surface area contributed by atoms with Crippen molar-refractivity contribution in [2.24, 2.45) is 9.98 Å². The lowest BCUT2D eigenvalue weighted by molar-refractivity contribution is 1.11. The Morgan fingerprint density at radius 1 is 0.500 bits per heavy atom. The SMILES string of the molecule is c1ccc(-c2ccnc(N=c3ccc(-c4ccccc4-c4ccc(N=c5cccc[nH]5)nc4)c[nH]3)c2)cc1. The van der Waals surface area contributed by atoms with Crippen molar-refractivity contribution in [2.45, 2.75) is 0 Å². The fraction of sp³-hybridized carbons (Fsp3) is 0. The molecule has 0 saturated carbocycles. The number of hydrogen-bond acceptors (Lipinski definition) is 4. The molecule has 0 aliphatic heterocycles. The molecule has 0 atom stereocenters. The number of aromatic nitrogens is 4. The first-order chi connectivity index (χ1) is 18.8. The molecule has 0 fully saturated rings. The maximum absolute atomic E-state index is 4.70. The molecule has 6 nitrogen and oxygen atoms in total. The third-order valence-electron chi connectivity index (χ3n) is 6.11. The van der Waals surface area contributed by atoms with E-state index in [-0.39, 0.29) is 0 Å². The molecule has 6 aromatic rings. The molecule has 0 saturated heterocycles. The normalized spacial score (nSPS) is 12.0. The molecule has 4 heterocycles. The van der Waals surface area contributed by atoms with Gasteiger partial charge in [0.05, 0.1) is 0 Å². The van der Waals surface area contributed by atoms with Crippen molar-refractivity contribution in [1.82, 2.24) is 19.9 Å². The maximum Gasteiger partial charge on any atom is 0.154 e. The zero-order valence-electron chi connectivity index (χ0n) is 20.5. The summed E-state index contributed by atoms with van der Waals surface area (Å²) in [5.74, 6) is 1.30. The van der Waals surface area contributed by atoms with Crippen LogP contribution >= 0.6 is 0 Å². The van der Waals surface area contributed by atoms with Gasteiger partial charge in [-0.25, -0.2) is 20.0 Å². The summed E-state index contributed by atoms with van der Waals surface area (Å²) in [5.41, 5.74) is 7.97. The van der Waals surface area contributed by atoms with Crippen LogP contribution < -0.4 is 11.0 Å². The van der Waals surface area contributed by atoms with E-state index in [9.17, 15) is 0 Å². The molecule has 0 aliphatic carbocycles. The quantitative estimate of drug-likeness (QED) is 0.284. The van der Waals surface area contributed by atoms with Gasteiger partial charge >= 0.3 is 0 Å². The molecule has 0 radical (unpaired) electrons. The average Bonchev–Trinajstić information content (AvgIpc) is 2.99. The van der Waals surface area contributed by atoms with Crippen LogP contribution in [0, 0.1) is 0 Å². The summed E-state index contributed by atoms with van der Waals surface area (Å²) in [6.07, 6.45) is 7.47. The second-order valence-electron chi connectivity index (χ2n) is 8.65. The van der Waals surface area contributed by atoms with E-state index >= 15 is 0 Å². The van der Waals surface area contributed by atoms with Crippen LogP contribution in [-0.4, -0.2) is 19.9 Å². The van der Waals surface area contributed by atoms with Gasteiger partial charge in [-0.15, -0.1) is 0 Å². The molecular formula is C32H24N6. The first-order valence-electron chi connectivity index (χ1n) is 12.3. The first kappa shape index (κ1) is 23.1. The molecule has 0 spiro atoms. The van der Waals surface area contributed by atoms with Crippen LogP contribution in [0.5, 0.6) is 0 Å². The minimum Gasteiger partial charge on any atom is -0.347 e. The minimum atomic E-state index is 0.651. The van der Waals surface area contributed by atoms with E-state index < -0.39 is 0 Å². The molecule has 4 aromatic heterocycles.